The van der Waals surface area contributed by atoms with Gasteiger partial charge < -0.3 is 26.2 Å². The van der Waals surface area contributed by atoms with E-state index in [4.69, 9.17) is 5.73 Å². The highest BCUT2D eigenvalue weighted by atomic mass is 16.3. The summed E-state index contributed by atoms with van der Waals surface area (Å²) in [4.78, 5) is 40.7. The first-order chi connectivity index (χ1) is 18.0. The summed E-state index contributed by atoms with van der Waals surface area (Å²) in [6.07, 6.45) is 8.40. The van der Waals surface area contributed by atoms with Gasteiger partial charge in [-0.2, -0.15) is 0 Å². The molecule has 1 aromatic carbocycles. The number of phenolic OH excluding ortho intramolecular Hbond substituents is 1. The molecule has 2 unspecified atom stereocenters. The Kier molecular flexibility index (Phi) is 6.64. The number of nitrogens with two attached hydrogens (primary N) is 1. The van der Waals surface area contributed by atoms with Gasteiger partial charge in [0.2, 0.25) is 5.78 Å². The van der Waals surface area contributed by atoms with E-state index in [1.165, 1.54) is 43.1 Å². The number of phenols is 1. The Morgan fingerprint density at radius 1 is 1.11 bits per heavy atom. The van der Waals surface area contributed by atoms with E-state index in [0.717, 1.165) is 24.0 Å². The van der Waals surface area contributed by atoms with Crippen molar-refractivity contribution in [1.82, 2.24) is 4.90 Å². The lowest BCUT2D eigenvalue weighted by Crippen LogP contribution is -2.65. The van der Waals surface area contributed by atoms with Crippen molar-refractivity contribution in [1.29, 1.82) is 0 Å². The number of aliphatic hydroxyl groups is 3. The number of rotatable bonds is 5. The number of fused-ring (bicyclic) bond motifs is 3. The fourth-order valence-corrected chi connectivity index (χ4v) is 7.38. The van der Waals surface area contributed by atoms with E-state index in [1.54, 1.807) is 14.1 Å². The Hall–Kier alpha value is -3.17. The molecule has 2 fully saturated rings. The Morgan fingerprint density at radius 3 is 2.42 bits per heavy atom. The number of likely N-dealkylation sites (N-methyl/N-ethyl adjacent to an activating group) is 1. The molecule has 0 heterocycles. The molecular weight excluding hydrogens is 488 g/mol. The quantitative estimate of drug-likeness (QED) is 0.367. The zero-order chi connectivity index (χ0) is 27.5. The second-order valence-corrected chi connectivity index (χ2v) is 11.6. The molecule has 1 aromatic rings. The molecule has 0 bridgehead atoms. The molecule has 0 saturated heterocycles. The molecule has 9 heteroatoms. The van der Waals surface area contributed by atoms with Crippen LogP contribution in [0, 0.1) is 17.8 Å². The number of amides is 1. The molecule has 4 atom stereocenters. The van der Waals surface area contributed by atoms with Gasteiger partial charge in [-0.3, -0.25) is 19.3 Å². The number of benzene rings is 1. The first-order valence-corrected chi connectivity index (χ1v) is 13.5. The highest BCUT2D eigenvalue weighted by Gasteiger charge is 2.64. The minimum Gasteiger partial charge on any atom is -0.508 e. The second-order valence-electron chi connectivity index (χ2n) is 11.6. The summed E-state index contributed by atoms with van der Waals surface area (Å²) in [5.41, 5.74) is 3.78. The number of hydrogen-bond acceptors (Lipinski definition) is 8. The van der Waals surface area contributed by atoms with E-state index in [2.05, 4.69) is 0 Å². The Labute approximate surface area is 221 Å². The maximum absolute atomic E-state index is 13.9. The third-order valence-electron chi connectivity index (χ3n) is 9.25. The number of Topliss-reactive ketones (excluding diaryl/α,β-unsaturated/α-hetero) is 2. The van der Waals surface area contributed by atoms with Crippen LogP contribution in [0.1, 0.15) is 61.6 Å². The summed E-state index contributed by atoms with van der Waals surface area (Å²) in [6, 6.07) is 2.31. The number of primary amides is 1. The van der Waals surface area contributed by atoms with Gasteiger partial charge in [0.15, 0.2) is 11.4 Å². The number of hydrogen-bond donors (Lipinski definition) is 5. The zero-order valence-corrected chi connectivity index (χ0v) is 21.9. The Balaban J connectivity index is 1.60. The van der Waals surface area contributed by atoms with E-state index < -0.39 is 58.0 Å². The van der Waals surface area contributed by atoms with Gasteiger partial charge in [0.05, 0.1) is 11.6 Å². The standard InChI is InChI=1S/C29H36N2O7/c1-31(2)23-18-13-16-12-17-15(9-8-14-6-4-3-5-7-14)10-11-19(32)21(17)24(33)20(16)26(35)29(18,38)27(36)22(25(23)34)28(30)37/h10-11,14,16,18,23,32-33,36,38H,3-9,12-13H2,1-2H3,(H2,30,37)/t16?,18?,23-,29-/m0/s1. The lowest BCUT2D eigenvalue weighted by Gasteiger charge is -2.50. The van der Waals surface area contributed by atoms with Crippen molar-refractivity contribution >= 4 is 23.2 Å². The van der Waals surface area contributed by atoms with E-state index in [-0.39, 0.29) is 23.3 Å². The maximum Gasteiger partial charge on any atom is 0.255 e. The van der Waals surface area contributed by atoms with Crippen molar-refractivity contribution in [3.8, 4) is 5.75 Å². The molecule has 9 nitrogen and oxygen atoms in total. The van der Waals surface area contributed by atoms with Crippen molar-refractivity contribution in [2.75, 3.05) is 14.1 Å². The monoisotopic (exact) mass is 524 g/mol. The third-order valence-corrected chi connectivity index (χ3v) is 9.25. The summed E-state index contributed by atoms with van der Waals surface area (Å²) < 4.78 is 0. The number of nitrogens with zero attached hydrogens (tertiary/aromatic N) is 1. The lowest BCUT2D eigenvalue weighted by molar-refractivity contribution is -0.153. The molecule has 1 amide bonds. The number of ketones is 2. The van der Waals surface area contributed by atoms with Gasteiger partial charge in [0.25, 0.3) is 5.91 Å². The third kappa shape index (κ3) is 3.86. The smallest absolute Gasteiger partial charge is 0.255 e. The van der Waals surface area contributed by atoms with E-state index in [9.17, 15) is 34.8 Å². The van der Waals surface area contributed by atoms with Crippen molar-refractivity contribution in [2.45, 2.75) is 69.4 Å². The van der Waals surface area contributed by atoms with Crippen LogP contribution in [0.5, 0.6) is 5.75 Å². The SMILES string of the molecule is CN(C)[C@@H]1C(=O)C(C(N)=O)=C(O)[C@@]2(O)C(=O)C3=C(O)c4c(O)ccc(CCC5CCCCC5)c4CC3CC12. The average molecular weight is 525 g/mol. The molecule has 4 aliphatic rings. The molecule has 204 valence electrons. The molecule has 0 aliphatic heterocycles. The van der Waals surface area contributed by atoms with Crippen LogP contribution in [0.3, 0.4) is 0 Å². The molecule has 6 N–H and O–H groups in total. The van der Waals surface area contributed by atoms with E-state index in [0.29, 0.717) is 12.3 Å². The molecule has 0 spiro atoms. The molecule has 5 rings (SSSR count). The maximum atomic E-state index is 13.9. The fraction of sp³-hybridized carbons (Fsp3) is 0.552. The summed E-state index contributed by atoms with van der Waals surface area (Å²) in [7, 11) is 3.18. The van der Waals surface area contributed by atoms with Crippen molar-refractivity contribution < 1.29 is 34.8 Å². The highest BCUT2D eigenvalue weighted by molar-refractivity contribution is 6.24. The van der Waals surface area contributed by atoms with Gasteiger partial charge in [-0.15, -0.1) is 0 Å². The highest BCUT2D eigenvalue weighted by Crippen LogP contribution is 2.53. The van der Waals surface area contributed by atoms with Gasteiger partial charge in [-0.1, -0.05) is 38.2 Å². The fourth-order valence-electron chi connectivity index (χ4n) is 7.38. The van der Waals surface area contributed by atoms with Crippen LogP contribution in [0.2, 0.25) is 0 Å². The minimum absolute atomic E-state index is 0.101. The average Bonchev–Trinajstić information content (AvgIpc) is 2.86. The molecule has 38 heavy (non-hydrogen) atoms. The summed E-state index contributed by atoms with van der Waals surface area (Å²) in [5, 5.41) is 44.7. The van der Waals surface area contributed by atoms with Gasteiger partial charge in [0, 0.05) is 11.5 Å². The number of aromatic hydroxyl groups is 1. The predicted octanol–water partition coefficient (Wildman–Crippen LogP) is 2.48. The van der Waals surface area contributed by atoms with Gasteiger partial charge in [0.1, 0.15) is 22.8 Å². The molecule has 2 saturated carbocycles. The van der Waals surface area contributed by atoms with Crippen molar-refractivity contribution in [2.24, 2.45) is 23.5 Å². The Bertz CT molecular complexity index is 1270. The normalized spacial score (nSPS) is 29.8. The van der Waals surface area contributed by atoms with E-state index in [1.807, 2.05) is 6.07 Å². The summed E-state index contributed by atoms with van der Waals surface area (Å²) >= 11 is 0. The number of carbonyl (C=O) groups is 3. The number of aryl methyl sites for hydroxylation is 1. The van der Waals surface area contributed by atoms with Crippen LogP contribution in [0.25, 0.3) is 5.76 Å². The van der Waals surface area contributed by atoms with E-state index >= 15 is 0 Å². The minimum atomic E-state index is -2.61. The first-order valence-electron chi connectivity index (χ1n) is 13.5. The van der Waals surface area contributed by atoms with Gasteiger partial charge >= 0.3 is 0 Å². The Morgan fingerprint density at radius 2 is 1.79 bits per heavy atom. The van der Waals surface area contributed by atoms with Gasteiger partial charge in [-0.05, 0) is 68.8 Å². The number of aliphatic hydroxyl groups excluding tert-OH is 2. The summed E-state index contributed by atoms with van der Waals surface area (Å²) in [5.74, 6) is -5.62. The number of carbonyl (C=O) groups excluding carboxylic acids is 3. The van der Waals surface area contributed by atoms with Crippen LogP contribution in [-0.4, -0.2) is 68.5 Å². The van der Waals surface area contributed by atoms with Crippen LogP contribution in [-0.2, 0) is 27.2 Å². The second kappa shape index (κ2) is 9.54. The largest absolute Gasteiger partial charge is 0.508 e. The van der Waals surface area contributed by atoms with Crippen LogP contribution < -0.4 is 5.73 Å². The van der Waals surface area contributed by atoms with Crippen molar-refractivity contribution in [3.05, 3.63) is 45.7 Å². The van der Waals surface area contributed by atoms with Crippen LogP contribution in [0.4, 0.5) is 0 Å². The predicted molar refractivity (Wildman–Crippen MR) is 139 cm³/mol. The molecule has 0 aromatic heterocycles. The summed E-state index contributed by atoms with van der Waals surface area (Å²) in [6.45, 7) is 0. The van der Waals surface area contributed by atoms with Crippen LogP contribution >= 0.6 is 0 Å². The molecule has 4 aliphatic carbocycles. The molecular formula is C29H36N2O7. The van der Waals surface area contributed by atoms with Crippen molar-refractivity contribution in [3.63, 3.8) is 0 Å². The first kappa shape index (κ1) is 26.4. The molecule has 0 radical (unpaired) electrons. The van der Waals surface area contributed by atoms with Crippen LogP contribution in [0.15, 0.2) is 29.0 Å². The lowest BCUT2D eigenvalue weighted by atomic mass is 9.57. The zero-order valence-electron chi connectivity index (χ0n) is 21.9. The van der Waals surface area contributed by atoms with Gasteiger partial charge in [-0.25, -0.2) is 0 Å². The topological polar surface area (TPSA) is 161 Å².